The van der Waals surface area contributed by atoms with E-state index in [2.05, 4.69) is 15.3 Å². The van der Waals surface area contributed by atoms with Crippen LogP contribution in [-0.4, -0.2) is 45.8 Å². The predicted octanol–water partition coefficient (Wildman–Crippen LogP) is 5.21. The molecule has 1 fully saturated rings. The number of hydrogen-bond acceptors (Lipinski definition) is 4. The van der Waals surface area contributed by atoms with Crippen LogP contribution in [0.1, 0.15) is 36.0 Å². The minimum atomic E-state index is -3.41. The standard InChI is InChI=1S/C25H23F5N4O/c1-16(34-13-10-24(27,28)21(15-34)17-8-11-31-12-9-17)23(35)33-22-7-4-19(14-32-22)25(29,30)18-2-5-20(26)6-3-18/h2-9,11-12,14,16,21H,10,13,15H2,1H3,(H,32,33,35)/t16?,21-/m1/s1. The van der Waals surface area contributed by atoms with Crippen LogP contribution in [0, 0.1) is 5.82 Å². The number of alkyl halides is 4. The first-order valence-electron chi connectivity index (χ1n) is 11.0. The largest absolute Gasteiger partial charge is 0.309 e. The van der Waals surface area contributed by atoms with Crippen LogP contribution in [0.5, 0.6) is 0 Å². The van der Waals surface area contributed by atoms with Crippen molar-refractivity contribution in [3.05, 3.63) is 89.6 Å². The molecule has 0 aliphatic carbocycles. The summed E-state index contributed by atoms with van der Waals surface area (Å²) in [5.74, 6) is -8.47. The second-order valence-corrected chi connectivity index (χ2v) is 8.52. The van der Waals surface area contributed by atoms with Gasteiger partial charge in [0.05, 0.1) is 12.0 Å². The first kappa shape index (κ1) is 24.7. The summed E-state index contributed by atoms with van der Waals surface area (Å²) in [5, 5.41) is 2.56. The summed E-state index contributed by atoms with van der Waals surface area (Å²) in [6.07, 6.45) is 3.44. The molecule has 2 atom stereocenters. The highest BCUT2D eigenvalue weighted by atomic mass is 19.3. The molecule has 2 aromatic heterocycles. The number of rotatable bonds is 6. The molecule has 10 heteroatoms. The molecule has 35 heavy (non-hydrogen) atoms. The lowest BCUT2D eigenvalue weighted by molar-refractivity contribution is -0.125. The van der Waals surface area contributed by atoms with Crippen LogP contribution >= 0.6 is 0 Å². The van der Waals surface area contributed by atoms with Gasteiger partial charge in [-0.1, -0.05) is 0 Å². The maximum absolute atomic E-state index is 14.7. The fourth-order valence-electron chi connectivity index (χ4n) is 4.10. The number of anilines is 1. The smallest absolute Gasteiger partial charge is 0.299 e. The highest BCUT2D eigenvalue weighted by Crippen LogP contribution is 2.40. The van der Waals surface area contributed by atoms with Gasteiger partial charge in [-0.25, -0.2) is 18.2 Å². The first-order valence-corrected chi connectivity index (χ1v) is 11.0. The van der Waals surface area contributed by atoms with Crippen LogP contribution in [0.3, 0.4) is 0 Å². The van der Waals surface area contributed by atoms with Gasteiger partial charge in [0, 0.05) is 49.2 Å². The number of benzene rings is 1. The monoisotopic (exact) mass is 490 g/mol. The van der Waals surface area contributed by atoms with Crippen molar-refractivity contribution in [1.82, 2.24) is 14.9 Å². The van der Waals surface area contributed by atoms with E-state index in [1.807, 2.05) is 0 Å². The summed E-state index contributed by atoms with van der Waals surface area (Å²) < 4.78 is 71.6. The summed E-state index contributed by atoms with van der Waals surface area (Å²) in [4.78, 5) is 22.2. The Kier molecular flexibility index (Phi) is 6.84. The number of carbonyl (C=O) groups excluding carboxylic acids is 1. The number of likely N-dealkylation sites (tertiary alicyclic amines) is 1. The minimum absolute atomic E-state index is 0.0259. The van der Waals surface area contributed by atoms with Crippen LogP contribution in [0.15, 0.2) is 67.1 Å². The van der Waals surface area contributed by atoms with Crippen LogP contribution in [-0.2, 0) is 10.7 Å². The van der Waals surface area contributed by atoms with Gasteiger partial charge in [0.2, 0.25) is 5.91 Å². The molecule has 3 aromatic rings. The Hall–Kier alpha value is -3.40. The zero-order chi connectivity index (χ0) is 25.2. The first-order chi connectivity index (χ1) is 16.6. The molecule has 3 heterocycles. The van der Waals surface area contributed by atoms with Crippen molar-refractivity contribution in [2.45, 2.75) is 37.1 Å². The van der Waals surface area contributed by atoms with E-state index in [1.165, 1.54) is 18.5 Å². The van der Waals surface area contributed by atoms with Crippen molar-refractivity contribution in [2.75, 3.05) is 18.4 Å². The number of piperidine rings is 1. The molecule has 0 saturated carbocycles. The van der Waals surface area contributed by atoms with Gasteiger partial charge >= 0.3 is 0 Å². The van der Waals surface area contributed by atoms with Gasteiger partial charge in [0.15, 0.2) is 0 Å². The number of nitrogens with zero attached hydrogens (tertiary/aromatic N) is 3. The van der Waals surface area contributed by atoms with Gasteiger partial charge < -0.3 is 5.32 Å². The predicted molar refractivity (Wildman–Crippen MR) is 120 cm³/mol. The molecular weight excluding hydrogens is 467 g/mol. The topological polar surface area (TPSA) is 58.1 Å². The number of carbonyl (C=O) groups is 1. The highest BCUT2D eigenvalue weighted by Gasteiger charge is 2.46. The van der Waals surface area contributed by atoms with Crippen molar-refractivity contribution in [3.8, 4) is 0 Å². The van der Waals surface area contributed by atoms with Crippen LogP contribution in [0.4, 0.5) is 27.8 Å². The number of amides is 1. The molecule has 5 nitrogen and oxygen atoms in total. The SMILES string of the molecule is CC(C(=O)Nc1ccc(C(F)(F)c2ccc(F)cc2)cn1)N1CCC(F)(F)[C@@H](c2ccncc2)C1. The normalized spacial score (nSPS) is 19.2. The Morgan fingerprint density at radius 2 is 1.74 bits per heavy atom. The third kappa shape index (κ3) is 5.32. The second-order valence-electron chi connectivity index (χ2n) is 8.52. The zero-order valence-electron chi connectivity index (χ0n) is 18.8. The molecule has 0 bridgehead atoms. The Balaban J connectivity index is 1.42. The molecule has 0 radical (unpaired) electrons. The summed E-state index contributed by atoms with van der Waals surface area (Å²) in [6.45, 7) is 1.60. The van der Waals surface area contributed by atoms with E-state index in [9.17, 15) is 26.7 Å². The fraction of sp³-hybridized carbons (Fsp3) is 0.320. The fourth-order valence-corrected chi connectivity index (χ4v) is 4.10. The average Bonchev–Trinajstić information content (AvgIpc) is 2.84. The third-order valence-electron chi connectivity index (χ3n) is 6.28. The van der Waals surface area contributed by atoms with Crippen LogP contribution in [0.25, 0.3) is 0 Å². The van der Waals surface area contributed by atoms with E-state index in [-0.39, 0.29) is 18.9 Å². The summed E-state index contributed by atoms with van der Waals surface area (Å²) in [7, 11) is 0. The number of pyridine rings is 2. The van der Waals surface area contributed by atoms with Gasteiger partial charge in [-0.15, -0.1) is 0 Å². The Bertz CT molecular complexity index is 1160. The molecule has 1 unspecified atom stereocenters. The van der Waals surface area contributed by atoms with E-state index in [0.717, 1.165) is 36.5 Å². The molecular formula is C25H23F5N4O. The molecule has 1 N–H and O–H groups in total. The van der Waals surface area contributed by atoms with E-state index in [0.29, 0.717) is 5.56 Å². The number of aromatic nitrogens is 2. The summed E-state index contributed by atoms with van der Waals surface area (Å²) in [6, 6.07) is 8.57. The Morgan fingerprint density at radius 1 is 1.09 bits per heavy atom. The third-order valence-corrected chi connectivity index (χ3v) is 6.28. The van der Waals surface area contributed by atoms with Crippen LogP contribution < -0.4 is 5.32 Å². The summed E-state index contributed by atoms with van der Waals surface area (Å²) in [5.41, 5.74) is -0.369. The minimum Gasteiger partial charge on any atom is -0.309 e. The van der Waals surface area contributed by atoms with Crippen molar-refractivity contribution in [3.63, 3.8) is 0 Å². The zero-order valence-corrected chi connectivity index (χ0v) is 18.8. The van der Waals surface area contributed by atoms with E-state index >= 15 is 0 Å². The lowest BCUT2D eigenvalue weighted by Crippen LogP contribution is -2.52. The Labute approximate surface area is 199 Å². The molecule has 1 aliphatic rings. The lowest BCUT2D eigenvalue weighted by atomic mass is 9.87. The van der Waals surface area contributed by atoms with Gasteiger partial charge in [0.1, 0.15) is 11.6 Å². The number of hydrogen-bond donors (Lipinski definition) is 1. The molecule has 1 saturated heterocycles. The molecule has 184 valence electrons. The van der Waals surface area contributed by atoms with E-state index in [4.69, 9.17) is 0 Å². The van der Waals surface area contributed by atoms with Gasteiger partial charge in [0.25, 0.3) is 11.8 Å². The quantitative estimate of drug-likeness (QED) is 0.482. The molecule has 0 spiro atoms. The summed E-state index contributed by atoms with van der Waals surface area (Å²) >= 11 is 0. The van der Waals surface area contributed by atoms with Crippen molar-refractivity contribution in [1.29, 1.82) is 0 Å². The Morgan fingerprint density at radius 3 is 2.37 bits per heavy atom. The average molecular weight is 490 g/mol. The van der Waals surface area contributed by atoms with Crippen LogP contribution in [0.2, 0.25) is 0 Å². The molecule has 1 amide bonds. The molecule has 1 aromatic carbocycles. The maximum Gasteiger partial charge on any atom is 0.299 e. The molecule has 4 rings (SSSR count). The second kappa shape index (κ2) is 9.69. The number of halogens is 5. The molecule has 1 aliphatic heterocycles. The van der Waals surface area contributed by atoms with E-state index < -0.39 is 53.1 Å². The highest BCUT2D eigenvalue weighted by molar-refractivity contribution is 5.93. The van der Waals surface area contributed by atoms with Gasteiger partial charge in [-0.05, 0) is 61.0 Å². The van der Waals surface area contributed by atoms with Crippen molar-refractivity contribution >= 4 is 11.7 Å². The maximum atomic E-state index is 14.7. The van der Waals surface area contributed by atoms with Crippen molar-refractivity contribution in [2.24, 2.45) is 0 Å². The van der Waals surface area contributed by atoms with Gasteiger partial charge in [-0.2, -0.15) is 8.78 Å². The number of nitrogens with one attached hydrogen (secondary N) is 1. The van der Waals surface area contributed by atoms with E-state index in [1.54, 1.807) is 24.0 Å². The van der Waals surface area contributed by atoms with Gasteiger partial charge in [-0.3, -0.25) is 14.7 Å². The van der Waals surface area contributed by atoms with Crippen molar-refractivity contribution < 1.29 is 26.7 Å². The lowest BCUT2D eigenvalue weighted by Gasteiger charge is -2.40.